The lowest BCUT2D eigenvalue weighted by Gasteiger charge is -2.07. The summed E-state index contributed by atoms with van der Waals surface area (Å²) in [4.78, 5) is 0. The van der Waals surface area contributed by atoms with Crippen molar-refractivity contribution in [2.24, 2.45) is 5.73 Å². The lowest BCUT2D eigenvalue weighted by Crippen LogP contribution is -2.26. The molecule has 1 aromatic carbocycles. The first-order valence-electron chi connectivity index (χ1n) is 4.72. The van der Waals surface area contributed by atoms with E-state index >= 15 is 0 Å². The van der Waals surface area contributed by atoms with Gasteiger partial charge < -0.3 is 10.8 Å². The zero-order valence-corrected chi connectivity index (χ0v) is 9.26. The lowest BCUT2D eigenvalue weighted by atomic mass is 10.2. The molecule has 3 N–H and O–H groups in total. The SMILES string of the molecule is Cc1ccc(CSCC(N)CO)cc1. The average molecular weight is 211 g/mol. The van der Waals surface area contributed by atoms with Crippen LogP contribution in [-0.4, -0.2) is 23.5 Å². The molecule has 0 bridgehead atoms. The number of aryl methyl sites for hydroxylation is 1. The van der Waals surface area contributed by atoms with E-state index < -0.39 is 0 Å². The van der Waals surface area contributed by atoms with E-state index in [1.807, 2.05) is 0 Å². The molecular formula is C11H17NOS. The number of thioether (sulfide) groups is 1. The first kappa shape index (κ1) is 11.6. The standard InChI is InChI=1S/C11H17NOS/c1-9-2-4-10(5-3-9)7-14-8-11(12)6-13/h2-5,11,13H,6-8,12H2,1H3. The van der Waals surface area contributed by atoms with Gasteiger partial charge in [-0.25, -0.2) is 0 Å². The fourth-order valence-electron chi connectivity index (χ4n) is 1.07. The van der Waals surface area contributed by atoms with Gasteiger partial charge in [-0.2, -0.15) is 11.8 Å². The summed E-state index contributed by atoms with van der Waals surface area (Å²) in [6.07, 6.45) is 0. The number of nitrogens with two attached hydrogens (primary N) is 1. The summed E-state index contributed by atoms with van der Waals surface area (Å²) >= 11 is 1.76. The molecule has 1 aromatic rings. The molecule has 3 heteroatoms. The van der Waals surface area contributed by atoms with Crippen molar-refractivity contribution in [3.05, 3.63) is 35.4 Å². The second-order valence-electron chi connectivity index (χ2n) is 3.44. The van der Waals surface area contributed by atoms with Gasteiger partial charge in [0.25, 0.3) is 0 Å². The Labute approximate surface area is 89.5 Å². The van der Waals surface area contributed by atoms with Crippen LogP contribution in [0.5, 0.6) is 0 Å². The van der Waals surface area contributed by atoms with Crippen LogP contribution in [0.25, 0.3) is 0 Å². The Morgan fingerprint density at radius 1 is 1.36 bits per heavy atom. The maximum absolute atomic E-state index is 8.73. The predicted molar refractivity (Wildman–Crippen MR) is 62.4 cm³/mol. The molecule has 0 amide bonds. The molecule has 1 unspecified atom stereocenters. The van der Waals surface area contributed by atoms with E-state index in [0.29, 0.717) is 0 Å². The maximum atomic E-state index is 8.73. The number of hydrogen-bond donors (Lipinski definition) is 2. The van der Waals surface area contributed by atoms with E-state index in [-0.39, 0.29) is 12.6 Å². The Hall–Kier alpha value is -0.510. The topological polar surface area (TPSA) is 46.2 Å². The summed E-state index contributed by atoms with van der Waals surface area (Å²) in [5.74, 6) is 1.78. The molecule has 1 atom stereocenters. The van der Waals surface area contributed by atoms with Crippen molar-refractivity contribution in [2.45, 2.75) is 18.7 Å². The molecule has 0 radical (unpaired) electrons. The van der Waals surface area contributed by atoms with Crippen LogP contribution in [0.1, 0.15) is 11.1 Å². The Morgan fingerprint density at radius 2 is 2.00 bits per heavy atom. The first-order valence-corrected chi connectivity index (χ1v) is 5.87. The molecule has 1 rings (SSSR count). The highest BCUT2D eigenvalue weighted by Gasteiger charge is 2.00. The minimum absolute atomic E-state index is 0.0703. The van der Waals surface area contributed by atoms with Gasteiger partial charge in [0.05, 0.1) is 6.61 Å². The molecular weight excluding hydrogens is 194 g/mol. The van der Waals surface area contributed by atoms with E-state index in [4.69, 9.17) is 10.8 Å². The van der Waals surface area contributed by atoms with Gasteiger partial charge in [-0.3, -0.25) is 0 Å². The molecule has 0 aliphatic rings. The van der Waals surface area contributed by atoms with E-state index in [1.165, 1.54) is 11.1 Å². The highest BCUT2D eigenvalue weighted by Crippen LogP contribution is 2.13. The van der Waals surface area contributed by atoms with Crippen molar-refractivity contribution in [2.75, 3.05) is 12.4 Å². The molecule has 2 nitrogen and oxygen atoms in total. The Bertz CT molecular complexity index is 260. The Kier molecular flexibility index (Phi) is 5.01. The molecule has 0 spiro atoms. The number of benzene rings is 1. The summed E-state index contributed by atoms with van der Waals surface area (Å²) in [6.45, 7) is 2.15. The van der Waals surface area contributed by atoms with E-state index in [1.54, 1.807) is 11.8 Å². The molecule has 78 valence electrons. The highest BCUT2D eigenvalue weighted by molar-refractivity contribution is 7.98. The summed E-state index contributed by atoms with van der Waals surface area (Å²) in [7, 11) is 0. The predicted octanol–water partition coefficient (Wildman–Crippen LogP) is 1.55. The minimum atomic E-state index is -0.0922. The van der Waals surface area contributed by atoms with Crippen molar-refractivity contribution < 1.29 is 5.11 Å². The van der Waals surface area contributed by atoms with Crippen molar-refractivity contribution in [3.8, 4) is 0 Å². The van der Waals surface area contributed by atoms with Crippen molar-refractivity contribution >= 4 is 11.8 Å². The molecule has 0 saturated heterocycles. The normalized spacial score (nSPS) is 12.8. The average Bonchev–Trinajstić information content (AvgIpc) is 2.21. The van der Waals surface area contributed by atoms with Gasteiger partial charge in [-0.05, 0) is 12.5 Å². The summed E-state index contributed by atoms with van der Waals surface area (Å²) in [5.41, 5.74) is 8.18. The number of rotatable bonds is 5. The number of hydrogen-bond acceptors (Lipinski definition) is 3. The lowest BCUT2D eigenvalue weighted by molar-refractivity contribution is 0.275. The van der Waals surface area contributed by atoms with Crippen molar-refractivity contribution in [1.82, 2.24) is 0 Å². The van der Waals surface area contributed by atoms with Gasteiger partial charge in [0, 0.05) is 17.5 Å². The molecule has 14 heavy (non-hydrogen) atoms. The van der Waals surface area contributed by atoms with E-state index in [2.05, 4.69) is 31.2 Å². The van der Waals surface area contributed by atoms with Crippen molar-refractivity contribution in [1.29, 1.82) is 0 Å². The second kappa shape index (κ2) is 6.06. The van der Waals surface area contributed by atoms with Crippen LogP contribution >= 0.6 is 11.8 Å². The van der Waals surface area contributed by atoms with Gasteiger partial charge in [-0.15, -0.1) is 0 Å². The van der Waals surface area contributed by atoms with Gasteiger partial charge in [0.15, 0.2) is 0 Å². The largest absolute Gasteiger partial charge is 0.395 e. The van der Waals surface area contributed by atoms with Gasteiger partial charge >= 0.3 is 0 Å². The van der Waals surface area contributed by atoms with Crippen LogP contribution in [-0.2, 0) is 5.75 Å². The minimum Gasteiger partial charge on any atom is -0.395 e. The highest BCUT2D eigenvalue weighted by atomic mass is 32.2. The van der Waals surface area contributed by atoms with E-state index in [0.717, 1.165) is 11.5 Å². The fourth-order valence-corrected chi connectivity index (χ4v) is 2.02. The summed E-state index contributed by atoms with van der Waals surface area (Å²) in [5, 5.41) is 8.73. The summed E-state index contributed by atoms with van der Waals surface area (Å²) < 4.78 is 0. The second-order valence-corrected chi connectivity index (χ2v) is 4.47. The van der Waals surface area contributed by atoms with Crippen LogP contribution < -0.4 is 5.73 Å². The van der Waals surface area contributed by atoms with Crippen LogP contribution in [0.2, 0.25) is 0 Å². The third-order valence-corrected chi connectivity index (χ3v) is 3.16. The number of aliphatic hydroxyl groups excluding tert-OH is 1. The molecule has 0 heterocycles. The van der Waals surface area contributed by atoms with Crippen LogP contribution in [0.15, 0.2) is 24.3 Å². The van der Waals surface area contributed by atoms with Crippen LogP contribution in [0.4, 0.5) is 0 Å². The molecule has 0 aliphatic carbocycles. The molecule has 0 aromatic heterocycles. The zero-order valence-electron chi connectivity index (χ0n) is 8.44. The third kappa shape index (κ3) is 4.13. The molecule has 0 saturated carbocycles. The zero-order chi connectivity index (χ0) is 10.4. The molecule has 0 aliphatic heterocycles. The third-order valence-electron chi connectivity index (χ3n) is 1.96. The van der Waals surface area contributed by atoms with Crippen LogP contribution in [0, 0.1) is 6.92 Å². The monoisotopic (exact) mass is 211 g/mol. The quantitative estimate of drug-likeness (QED) is 0.776. The van der Waals surface area contributed by atoms with Gasteiger partial charge in [0.1, 0.15) is 0 Å². The van der Waals surface area contributed by atoms with Gasteiger partial charge in [-0.1, -0.05) is 29.8 Å². The van der Waals surface area contributed by atoms with Gasteiger partial charge in [0.2, 0.25) is 0 Å². The fraction of sp³-hybridized carbons (Fsp3) is 0.455. The number of aliphatic hydroxyl groups is 1. The first-order chi connectivity index (χ1) is 6.72. The van der Waals surface area contributed by atoms with Crippen LogP contribution in [0.3, 0.4) is 0 Å². The maximum Gasteiger partial charge on any atom is 0.0590 e. The summed E-state index contributed by atoms with van der Waals surface area (Å²) in [6, 6.07) is 8.40. The smallest absolute Gasteiger partial charge is 0.0590 e. The Morgan fingerprint density at radius 3 is 2.57 bits per heavy atom. The van der Waals surface area contributed by atoms with E-state index in [9.17, 15) is 0 Å². The van der Waals surface area contributed by atoms with Crippen molar-refractivity contribution in [3.63, 3.8) is 0 Å². The Balaban J connectivity index is 2.28. The molecule has 0 fully saturated rings.